The van der Waals surface area contributed by atoms with Crippen LogP contribution in [0.5, 0.6) is 11.5 Å². The molecule has 2 aromatic carbocycles. The molecule has 3 aliphatic heterocycles. The summed E-state index contributed by atoms with van der Waals surface area (Å²) in [5.41, 5.74) is 0.878. The first kappa shape index (κ1) is 45.6. The Balaban J connectivity index is 0.996. The Kier molecular flexibility index (Phi) is 12.9. The number of nitrogens with one attached hydrogen (secondary N) is 4. The highest BCUT2D eigenvalue weighted by atomic mass is 32.1. The van der Waals surface area contributed by atoms with Crippen LogP contribution in [0.15, 0.2) is 66.1 Å². The Morgan fingerprint density at radius 3 is 2.45 bits per heavy atom. The summed E-state index contributed by atoms with van der Waals surface area (Å²) in [6.07, 6.45) is 8.93. The van der Waals surface area contributed by atoms with Crippen molar-refractivity contribution in [1.29, 1.82) is 0 Å². The zero-order valence-electron chi connectivity index (χ0n) is 37.8. The number of allylic oxidation sites excluding steroid dienone is 1. The molecule has 352 valence electrons. The molecule has 0 spiro atoms. The van der Waals surface area contributed by atoms with E-state index >= 15 is 4.79 Å². The molecule has 67 heavy (non-hydrogen) atoms. The molecule has 6 amide bonds. The van der Waals surface area contributed by atoms with E-state index in [9.17, 15) is 29.1 Å². The number of nitrogens with zero attached hydrogens (tertiary/aromatic N) is 4. The number of carbonyl (C=O) groups excluding carboxylic acids is 5. The highest BCUT2D eigenvalue weighted by Gasteiger charge is 2.61. The van der Waals surface area contributed by atoms with Crippen LogP contribution in [-0.2, 0) is 14.4 Å². The minimum atomic E-state index is -1.51. The second-order valence-electron chi connectivity index (χ2n) is 18.6. The van der Waals surface area contributed by atoms with E-state index < -0.39 is 71.3 Å². The lowest BCUT2D eigenvalue weighted by Gasteiger charge is -2.36. The molecule has 2 aromatic heterocycles. The first-order chi connectivity index (χ1) is 32.3. The second-order valence-corrected chi connectivity index (χ2v) is 19.4. The molecule has 9 rings (SSSR count). The molecule has 0 bridgehead atoms. The fourth-order valence-electron chi connectivity index (χ4n) is 9.69. The lowest BCUT2D eigenvalue weighted by Crippen LogP contribution is -2.59. The van der Waals surface area contributed by atoms with Crippen molar-refractivity contribution < 1.29 is 43.3 Å². The number of ether oxygens (including phenoxy) is 2. The summed E-state index contributed by atoms with van der Waals surface area (Å²) in [6, 6.07) is 10.6. The van der Waals surface area contributed by atoms with E-state index in [4.69, 9.17) is 19.4 Å². The van der Waals surface area contributed by atoms with Gasteiger partial charge in [-0.1, -0.05) is 43.5 Å². The molecule has 2 saturated carbocycles. The molecule has 1 unspecified atom stereocenters. The molecular formula is C49H56N8O9S. The Bertz CT molecular complexity index is 2600. The van der Waals surface area contributed by atoms with Crippen LogP contribution < -0.4 is 30.7 Å². The maximum Gasteiger partial charge on any atom is 0.330 e. The van der Waals surface area contributed by atoms with Crippen LogP contribution in [0.3, 0.4) is 0 Å². The third-order valence-electron chi connectivity index (χ3n) is 13.7. The number of methoxy groups -OCH3 is 1. The number of rotatable bonds is 12. The molecule has 2 aliphatic carbocycles. The number of hydrogen-bond donors (Lipinski definition) is 5. The minimum absolute atomic E-state index is 0.0178. The van der Waals surface area contributed by atoms with Crippen molar-refractivity contribution in [3.8, 4) is 22.9 Å². The number of fused-ring (bicyclic) bond motifs is 4. The summed E-state index contributed by atoms with van der Waals surface area (Å²) in [7, 11) is 1.57. The number of benzene rings is 2. The van der Waals surface area contributed by atoms with Gasteiger partial charge in [-0.2, -0.15) is 0 Å². The lowest BCUT2D eigenvalue weighted by molar-refractivity contribution is -0.145. The standard InChI is InChI=1S/C49H56N8O9S/c1-27(2)50-48-54-39(26-67-48)37-22-41(34-19-18-30(65-3)20-36(34)51-37)66-31-21-40-42(58)55-49(46(62)63)23-29(49)14-7-5-4-6-8-17-35(45(61)56(40)24-31)52-47(64)53-38(28-12-11-13-28)25-57-43(59)32-15-9-10-16-33(32)44(57)60/h7,9-10,14-16,18-20,22,26-29,31,35,38,40H,4-6,8,11-13,17,21,23-25H2,1-3H3,(H,50,54)(H,55,58)(H,62,63)(H2,52,53,64)/b14-7-/t29?,31-,35-,38-,40+,49-/m1/s1. The number of aromatic nitrogens is 2. The van der Waals surface area contributed by atoms with Gasteiger partial charge in [0.15, 0.2) is 5.13 Å². The van der Waals surface area contributed by atoms with Crippen molar-refractivity contribution in [2.75, 3.05) is 25.5 Å². The Morgan fingerprint density at radius 2 is 1.75 bits per heavy atom. The van der Waals surface area contributed by atoms with Gasteiger partial charge in [0.25, 0.3) is 11.8 Å². The molecule has 0 radical (unpaired) electrons. The van der Waals surface area contributed by atoms with Gasteiger partial charge in [0, 0.05) is 47.8 Å². The maximum absolute atomic E-state index is 15.0. The number of thiazole rings is 1. The number of carboxylic acid groups (broad SMARTS) is 1. The summed E-state index contributed by atoms with van der Waals surface area (Å²) in [5, 5.41) is 25.8. The largest absolute Gasteiger partial charge is 0.497 e. The summed E-state index contributed by atoms with van der Waals surface area (Å²) in [4.78, 5) is 95.3. The van der Waals surface area contributed by atoms with E-state index in [1.54, 1.807) is 49.6 Å². The van der Waals surface area contributed by atoms with Crippen molar-refractivity contribution >= 4 is 63.0 Å². The Morgan fingerprint density at radius 1 is 0.970 bits per heavy atom. The van der Waals surface area contributed by atoms with E-state index in [-0.39, 0.29) is 44.3 Å². The molecule has 5 N–H and O–H groups in total. The van der Waals surface area contributed by atoms with Crippen LogP contribution in [0.1, 0.15) is 98.8 Å². The van der Waals surface area contributed by atoms with Gasteiger partial charge in [0.1, 0.15) is 40.9 Å². The van der Waals surface area contributed by atoms with Gasteiger partial charge in [-0.3, -0.25) is 24.1 Å². The Hall–Kier alpha value is -6.56. The molecule has 6 atom stereocenters. The van der Waals surface area contributed by atoms with E-state index in [1.165, 1.54) is 21.1 Å². The highest BCUT2D eigenvalue weighted by molar-refractivity contribution is 7.14. The molecule has 3 fully saturated rings. The van der Waals surface area contributed by atoms with Crippen LogP contribution in [0, 0.1) is 11.8 Å². The summed E-state index contributed by atoms with van der Waals surface area (Å²) in [5.74, 6) is -2.47. The number of carboxylic acids is 1. The topological polar surface area (TPSA) is 221 Å². The molecule has 5 heterocycles. The maximum atomic E-state index is 15.0. The molecule has 18 heteroatoms. The van der Waals surface area contributed by atoms with E-state index in [1.807, 2.05) is 37.4 Å². The molecule has 4 aromatic rings. The number of amides is 6. The SMILES string of the molecule is COc1ccc2c(O[C@@H]3C[C@H]4C(=O)N[C@]5(C(=O)O)CC5/C=C\CCCCC[C@@H](NC(=O)N[C@H](CN5C(=O)c6ccccc6C5=O)C5CCC5)C(=O)N4C3)cc(-c3csc(NC(C)C)n3)nc2c1. The first-order valence-corrected chi connectivity index (χ1v) is 24.1. The van der Waals surface area contributed by atoms with Gasteiger partial charge in [-0.05, 0) is 82.6 Å². The van der Waals surface area contributed by atoms with Gasteiger partial charge in [-0.15, -0.1) is 11.3 Å². The van der Waals surface area contributed by atoms with Gasteiger partial charge in [-0.25, -0.2) is 19.6 Å². The summed E-state index contributed by atoms with van der Waals surface area (Å²) < 4.78 is 12.3. The lowest BCUT2D eigenvalue weighted by atomic mass is 9.79. The van der Waals surface area contributed by atoms with Crippen molar-refractivity contribution in [3.05, 3.63) is 77.2 Å². The molecule has 17 nitrogen and oxygen atoms in total. The smallest absolute Gasteiger partial charge is 0.330 e. The Labute approximate surface area is 392 Å². The quantitative estimate of drug-likeness (QED) is 0.0798. The van der Waals surface area contributed by atoms with Gasteiger partial charge in [0.2, 0.25) is 11.8 Å². The first-order valence-electron chi connectivity index (χ1n) is 23.2. The van der Waals surface area contributed by atoms with Gasteiger partial charge < -0.3 is 40.7 Å². The van der Waals surface area contributed by atoms with Crippen LogP contribution >= 0.6 is 11.3 Å². The van der Waals surface area contributed by atoms with Crippen molar-refractivity contribution in [3.63, 3.8) is 0 Å². The van der Waals surface area contributed by atoms with E-state index in [0.29, 0.717) is 57.8 Å². The normalized spacial score (nSPS) is 25.2. The number of anilines is 1. The average Bonchev–Trinajstić information content (AvgIpc) is 3.51. The second kappa shape index (κ2) is 19.0. The number of carbonyl (C=O) groups is 6. The summed E-state index contributed by atoms with van der Waals surface area (Å²) in [6.45, 7) is 3.99. The zero-order chi connectivity index (χ0) is 47.0. The fraction of sp³-hybridized carbons (Fsp3) is 0.469. The molecule has 1 saturated heterocycles. The number of urea groups is 1. The predicted octanol–water partition coefficient (Wildman–Crippen LogP) is 6.15. The van der Waals surface area contributed by atoms with Crippen molar-refractivity contribution in [2.45, 2.75) is 114 Å². The zero-order valence-corrected chi connectivity index (χ0v) is 38.6. The highest BCUT2D eigenvalue weighted by Crippen LogP contribution is 2.46. The third kappa shape index (κ3) is 9.40. The van der Waals surface area contributed by atoms with Crippen LogP contribution in [0.25, 0.3) is 22.3 Å². The van der Waals surface area contributed by atoms with Crippen LogP contribution in [0.2, 0.25) is 0 Å². The number of imide groups is 1. The van der Waals surface area contributed by atoms with Gasteiger partial charge in [0.05, 0.1) is 42.0 Å². The molecule has 5 aliphatic rings. The van der Waals surface area contributed by atoms with Crippen molar-refractivity contribution in [2.24, 2.45) is 11.8 Å². The minimum Gasteiger partial charge on any atom is -0.497 e. The van der Waals surface area contributed by atoms with Crippen LogP contribution in [0.4, 0.5) is 9.93 Å². The summed E-state index contributed by atoms with van der Waals surface area (Å²) >= 11 is 1.45. The van der Waals surface area contributed by atoms with Crippen LogP contribution in [-0.4, -0.2) is 117 Å². The van der Waals surface area contributed by atoms with Crippen molar-refractivity contribution in [1.82, 2.24) is 35.7 Å². The van der Waals surface area contributed by atoms with E-state index in [0.717, 1.165) is 37.2 Å². The monoisotopic (exact) mass is 932 g/mol. The number of pyridine rings is 1. The molecular weight excluding hydrogens is 877 g/mol. The third-order valence-corrected chi connectivity index (χ3v) is 14.4. The van der Waals surface area contributed by atoms with Gasteiger partial charge >= 0.3 is 12.0 Å². The predicted molar refractivity (Wildman–Crippen MR) is 250 cm³/mol. The average molecular weight is 933 g/mol. The van der Waals surface area contributed by atoms with E-state index in [2.05, 4.69) is 21.3 Å². The number of hydrogen-bond acceptors (Lipinski definition) is 12. The fourth-order valence-corrected chi connectivity index (χ4v) is 10.5. The number of aliphatic carboxylic acids is 1.